The molecule has 2 fully saturated rings. The van der Waals surface area contributed by atoms with Crippen molar-refractivity contribution in [1.29, 1.82) is 0 Å². The van der Waals surface area contributed by atoms with Crippen molar-refractivity contribution in [2.24, 2.45) is 0 Å². The van der Waals surface area contributed by atoms with Gasteiger partial charge >= 0.3 is 0 Å². The fourth-order valence-corrected chi connectivity index (χ4v) is 4.19. The van der Waals surface area contributed by atoms with Crippen LogP contribution in [0.15, 0.2) is 16.5 Å². The van der Waals surface area contributed by atoms with Crippen LogP contribution in [0.2, 0.25) is 0 Å². The van der Waals surface area contributed by atoms with E-state index < -0.39 is 10.0 Å². The third-order valence-corrected chi connectivity index (χ3v) is 5.29. The Morgan fingerprint density at radius 2 is 2.00 bits per heavy atom. The first-order valence-corrected chi connectivity index (χ1v) is 10.3. The molecule has 2 saturated heterocycles. The quantitative estimate of drug-likeness (QED) is 0.886. The van der Waals surface area contributed by atoms with E-state index in [2.05, 4.69) is 9.62 Å². The molecule has 23 heavy (non-hydrogen) atoms. The maximum absolute atomic E-state index is 11.3. The topological polar surface area (TPSA) is 71.8 Å². The lowest BCUT2D eigenvalue weighted by Gasteiger charge is -2.31. The van der Waals surface area contributed by atoms with Crippen LogP contribution in [0.3, 0.4) is 0 Å². The van der Waals surface area contributed by atoms with Crippen LogP contribution in [0.4, 0.5) is 0 Å². The van der Waals surface area contributed by atoms with Gasteiger partial charge in [-0.25, -0.2) is 13.1 Å². The third kappa shape index (κ3) is 5.04. The van der Waals surface area contributed by atoms with Crippen LogP contribution in [0.25, 0.3) is 0 Å². The van der Waals surface area contributed by atoms with Crippen molar-refractivity contribution >= 4 is 10.0 Å². The van der Waals surface area contributed by atoms with Crippen LogP contribution < -0.4 is 4.72 Å². The van der Waals surface area contributed by atoms with E-state index >= 15 is 0 Å². The van der Waals surface area contributed by atoms with Crippen LogP contribution in [-0.4, -0.2) is 45.3 Å². The number of likely N-dealkylation sites (tertiary alicyclic amines) is 1. The lowest BCUT2D eigenvalue weighted by molar-refractivity contribution is 0.000766. The Morgan fingerprint density at radius 3 is 2.65 bits per heavy atom. The molecule has 2 aliphatic rings. The first-order valence-electron chi connectivity index (χ1n) is 8.39. The Kier molecular flexibility index (Phi) is 5.41. The first kappa shape index (κ1) is 17.0. The lowest BCUT2D eigenvalue weighted by atomic mass is 10.1. The van der Waals surface area contributed by atoms with Crippen LogP contribution in [0, 0.1) is 0 Å². The molecule has 0 bridgehead atoms. The number of piperidine rings is 1. The number of sulfonamides is 1. The van der Waals surface area contributed by atoms with Gasteiger partial charge in [0, 0.05) is 25.7 Å². The van der Waals surface area contributed by atoms with E-state index in [0.29, 0.717) is 0 Å². The number of rotatable bonds is 5. The molecule has 2 aliphatic heterocycles. The molecule has 3 rings (SSSR count). The van der Waals surface area contributed by atoms with Gasteiger partial charge in [0.2, 0.25) is 10.0 Å². The van der Waals surface area contributed by atoms with Crippen LogP contribution in [0.1, 0.15) is 49.7 Å². The molecule has 0 aromatic carbocycles. The van der Waals surface area contributed by atoms with Gasteiger partial charge in [-0.15, -0.1) is 0 Å². The number of nitrogens with one attached hydrogen (secondary N) is 1. The van der Waals surface area contributed by atoms with Crippen molar-refractivity contribution in [2.75, 3.05) is 26.0 Å². The molecule has 7 heteroatoms. The second-order valence-electron chi connectivity index (χ2n) is 6.60. The highest BCUT2D eigenvalue weighted by molar-refractivity contribution is 7.88. The minimum Gasteiger partial charge on any atom is -0.462 e. The number of hydrogen-bond donors (Lipinski definition) is 1. The SMILES string of the molecule is CS(=O)(=O)NC1CCN(Cc2ccc(C3CCCCO3)o2)CC1. The van der Waals surface area contributed by atoms with Gasteiger partial charge in [0.15, 0.2) is 0 Å². The largest absolute Gasteiger partial charge is 0.462 e. The van der Waals surface area contributed by atoms with Gasteiger partial charge in [-0.05, 0) is 44.2 Å². The van der Waals surface area contributed by atoms with E-state index in [1.807, 2.05) is 12.1 Å². The fourth-order valence-electron chi connectivity index (χ4n) is 3.35. The fraction of sp³-hybridized carbons (Fsp3) is 0.750. The Hall–Kier alpha value is -0.890. The highest BCUT2D eigenvalue weighted by Crippen LogP contribution is 2.29. The molecule has 0 radical (unpaired) electrons. The normalized spacial score (nSPS) is 24.8. The van der Waals surface area contributed by atoms with E-state index in [1.54, 1.807) is 0 Å². The van der Waals surface area contributed by atoms with E-state index in [9.17, 15) is 8.42 Å². The van der Waals surface area contributed by atoms with Crippen LogP contribution in [-0.2, 0) is 21.3 Å². The van der Waals surface area contributed by atoms with Gasteiger partial charge in [-0.3, -0.25) is 4.90 Å². The van der Waals surface area contributed by atoms with Gasteiger partial charge in [0.25, 0.3) is 0 Å². The molecule has 1 N–H and O–H groups in total. The molecule has 1 aromatic rings. The minimum absolute atomic E-state index is 0.0593. The molecule has 0 saturated carbocycles. The Labute approximate surface area is 138 Å². The number of hydrogen-bond acceptors (Lipinski definition) is 5. The van der Waals surface area contributed by atoms with Gasteiger partial charge in [-0.1, -0.05) is 0 Å². The summed E-state index contributed by atoms with van der Waals surface area (Å²) in [6, 6.07) is 4.13. The average molecular weight is 342 g/mol. The molecule has 130 valence electrons. The summed E-state index contributed by atoms with van der Waals surface area (Å²) in [5, 5.41) is 0. The van der Waals surface area contributed by atoms with Gasteiger partial charge in [-0.2, -0.15) is 0 Å². The third-order valence-electron chi connectivity index (χ3n) is 4.53. The van der Waals surface area contributed by atoms with Crippen LogP contribution in [0.5, 0.6) is 0 Å². The van der Waals surface area contributed by atoms with Gasteiger partial charge < -0.3 is 9.15 Å². The molecule has 0 aliphatic carbocycles. The maximum Gasteiger partial charge on any atom is 0.208 e. The molecule has 0 amide bonds. The first-order chi connectivity index (χ1) is 11.0. The summed E-state index contributed by atoms with van der Waals surface area (Å²) in [5.41, 5.74) is 0. The Balaban J connectivity index is 1.48. The second kappa shape index (κ2) is 7.34. The Morgan fingerprint density at radius 1 is 1.22 bits per heavy atom. The average Bonchev–Trinajstić information content (AvgIpc) is 2.97. The standard InChI is InChI=1S/C16H26N2O4S/c1-23(19,20)17-13-7-9-18(10-8-13)12-14-5-6-16(22-14)15-4-2-3-11-21-15/h5-6,13,15,17H,2-4,7-12H2,1H3. The Bertz CT molecular complexity index is 599. The van der Waals surface area contributed by atoms with Crippen molar-refractivity contribution in [3.63, 3.8) is 0 Å². The second-order valence-corrected chi connectivity index (χ2v) is 8.38. The van der Waals surface area contributed by atoms with E-state index in [4.69, 9.17) is 9.15 Å². The van der Waals surface area contributed by atoms with Gasteiger partial charge in [0.05, 0.1) is 12.8 Å². The molecular weight excluding hydrogens is 316 g/mol. The van der Waals surface area contributed by atoms with E-state index in [1.165, 1.54) is 12.7 Å². The summed E-state index contributed by atoms with van der Waals surface area (Å²) >= 11 is 0. The number of nitrogens with zero attached hydrogens (tertiary/aromatic N) is 1. The van der Waals surface area contributed by atoms with Crippen molar-refractivity contribution in [1.82, 2.24) is 9.62 Å². The smallest absolute Gasteiger partial charge is 0.208 e. The highest BCUT2D eigenvalue weighted by atomic mass is 32.2. The molecule has 0 spiro atoms. The molecular formula is C16H26N2O4S. The van der Waals surface area contributed by atoms with Crippen LogP contribution >= 0.6 is 0 Å². The summed E-state index contributed by atoms with van der Waals surface area (Å²) in [7, 11) is -3.11. The van der Waals surface area contributed by atoms with Crippen molar-refractivity contribution in [3.8, 4) is 0 Å². The van der Waals surface area contributed by atoms with Gasteiger partial charge in [0.1, 0.15) is 17.6 Å². The van der Waals surface area contributed by atoms with Crippen molar-refractivity contribution < 1.29 is 17.6 Å². The lowest BCUT2D eigenvalue weighted by Crippen LogP contribution is -2.43. The van der Waals surface area contributed by atoms with Crippen molar-refractivity contribution in [3.05, 3.63) is 23.7 Å². The molecule has 1 unspecified atom stereocenters. The predicted octanol–water partition coefficient (Wildman–Crippen LogP) is 2.03. The molecule has 6 nitrogen and oxygen atoms in total. The van der Waals surface area contributed by atoms with E-state index in [-0.39, 0.29) is 12.1 Å². The zero-order chi connectivity index (χ0) is 16.3. The van der Waals surface area contributed by atoms with Crippen molar-refractivity contribution in [2.45, 2.75) is 50.8 Å². The highest BCUT2D eigenvalue weighted by Gasteiger charge is 2.23. The van der Waals surface area contributed by atoms with E-state index in [0.717, 1.165) is 63.4 Å². The molecule has 3 heterocycles. The maximum atomic E-state index is 11.3. The number of ether oxygens (including phenoxy) is 1. The summed E-state index contributed by atoms with van der Waals surface area (Å²) in [6.07, 6.45) is 6.38. The monoisotopic (exact) mass is 342 g/mol. The zero-order valence-corrected chi connectivity index (χ0v) is 14.5. The summed E-state index contributed by atoms with van der Waals surface area (Å²) < 4.78 is 37.0. The summed E-state index contributed by atoms with van der Waals surface area (Å²) in [6.45, 7) is 3.35. The predicted molar refractivity (Wildman–Crippen MR) is 87.5 cm³/mol. The molecule has 1 aromatic heterocycles. The summed E-state index contributed by atoms with van der Waals surface area (Å²) in [4.78, 5) is 2.31. The molecule has 1 atom stereocenters. The minimum atomic E-state index is -3.11. The number of furan rings is 1. The summed E-state index contributed by atoms with van der Waals surface area (Å²) in [5.74, 6) is 1.90. The zero-order valence-electron chi connectivity index (χ0n) is 13.7.